The number of rotatable bonds is 6. The largest absolute Gasteiger partial charge is 0.401 e. The standard InChI is InChI=1S/C14H20N2O.C4H9NO.CH4O/c1-17-13-9-5-8-12(15)14(13)16-10-11-6-3-2-4-7-11;1-4(2)5-3-6;1-2/h2-4,6-7,13,16H,5,8-10,15H2,1H3;3-4H,1-2H3,(H,5,6);2H,1H3. The van der Waals surface area contributed by atoms with Crippen LogP contribution in [0.25, 0.3) is 0 Å². The highest BCUT2D eigenvalue weighted by atomic mass is 16.5. The van der Waals surface area contributed by atoms with Crippen molar-refractivity contribution in [2.45, 2.75) is 51.8 Å². The molecule has 1 amide bonds. The molecule has 0 saturated heterocycles. The Labute approximate surface area is 151 Å². The zero-order chi connectivity index (χ0) is 19.1. The Hall–Kier alpha value is -2.05. The second-order valence-electron chi connectivity index (χ2n) is 5.83. The maximum absolute atomic E-state index is 9.50. The number of aliphatic hydroxyl groups excluding tert-OH is 1. The number of carbonyl (C=O) groups is 1. The van der Waals surface area contributed by atoms with E-state index in [0.717, 1.165) is 44.3 Å². The minimum Gasteiger partial charge on any atom is -0.401 e. The topological polar surface area (TPSA) is 96.6 Å². The Morgan fingerprint density at radius 1 is 1.32 bits per heavy atom. The second-order valence-corrected chi connectivity index (χ2v) is 5.83. The van der Waals surface area contributed by atoms with Crippen molar-refractivity contribution in [2.24, 2.45) is 5.73 Å². The Morgan fingerprint density at radius 3 is 2.44 bits per heavy atom. The summed E-state index contributed by atoms with van der Waals surface area (Å²) in [6.07, 6.45) is 3.96. The zero-order valence-electron chi connectivity index (χ0n) is 15.8. The summed E-state index contributed by atoms with van der Waals surface area (Å²) in [6, 6.07) is 10.6. The van der Waals surface area contributed by atoms with Crippen molar-refractivity contribution in [1.29, 1.82) is 0 Å². The van der Waals surface area contributed by atoms with Crippen LogP contribution >= 0.6 is 0 Å². The van der Waals surface area contributed by atoms with Gasteiger partial charge < -0.3 is 26.2 Å². The van der Waals surface area contributed by atoms with Gasteiger partial charge in [0.05, 0.1) is 11.8 Å². The number of hydrogen-bond acceptors (Lipinski definition) is 5. The van der Waals surface area contributed by atoms with E-state index in [-0.39, 0.29) is 12.1 Å². The van der Waals surface area contributed by atoms with Crippen molar-refractivity contribution in [1.82, 2.24) is 10.6 Å². The van der Waals surface area contributed by atoms with E-state index in [1.807, 2.05) is 32.0 Å². The molecule has 0 aliphatic heterocycles. The van der Waals surface area contributed by atoms with E-state index in [2.05, 4.69) is 22.8 Å². The van der Waals surface area contributed by atoms with Crippen LogP contribution in [0.15, 0.2) is 41.7 Å². The fraction of sp³-hybridized carbons (Fsp3) is 0.526. The first-order chi connectivity index (χ1) is 12.1. The van der Waals surface area contributed by atoms with Gasteiger partial charge in [-0.25, -0.2) is 0 Å². The summed E-state index contributed by atoms with van der Waals surface area (Å²) in [5, 5.41) is 12.9. The molecule has 0 heterocycles. The van der Waals surface area contributed by atoms with Crippen LogP contribution in [0.4, 0.5) is 0 Å². The van der Waals surface area contributed by atoms with Gasteiger partial charge in [0.1, 0.15) is 0 Å². The first-order valence-electron chi connectivity index (χ1n) is 8.52. The molecule has 0 aromatic heterocycles. The molecule has 1 aromatic carbocycles. The van der Waals surface area contributed by atoms with Gasteiger partial charge in [0.2, 0.25) is 6.41 Å². The third-order valence-corrected chi connectivity index (χ3v) is 3.59. The number of nitrogens with one attached hydrogen (secondary N) is 2. The highest BCUT2D eigenvalue weighted by Gasteiger charge is 2.21. The van der Waals surface area contributed by atoms with E-state index in [9.17, 15) is 4.79 Å². The first-order valence-corrected chi connectivity index (χ1v) is 8.52. The van der Waals surface area contributed by atoms with Gasteiger partial charge >= 0.3 is 0 Å². The Bertz CT molecular complexity index is 490. The summed E-state index contributed by atoms with van der Waals surface area (Å²) in [6.45, 7) is 4.62. The molecule has 142 valence electrons. The number of hydrogen-bond donors (Lipinski definition) is 4. The Balaban J connectivity index is 0.000000614. The fourth-order valence-electron chi connectivity index (χ4n) is 2.36. The normalized spacial score (nSPS) is 16.2. The number of nitrogens with two attached hydrogens (primary N) is 1. The number of amides is 1. The van der Waals surface area contributed by atoms with Crippen LogP contribution < -0.4 is 16.4 Å². The number of benzene rings is 1. The lowest BCUT2D eigenvalue weighted by molar-refractivity contribution is -0.109. The molecule has 1 atom stereocenters. The smallest absolute Gasteiger partial charge is 0.207 e. The molecule has 5 N–H and O–H groups in total. The summed E-state index contributed by atoms with van der Waals surface area (Å²) in [5.41, 5.74) is 9.32. The maximum Gasteiger partial charge on any atom is 0.207 e. The van der Waals surface area contributed by atoms with E-state index in [0.29, 0.717) is 6.41 Å². The third-order valence-electron chi connectivity index (χ3n) is 3.59. The lowest BCUT2D eigenvalue weighted by atomic mass is 9.98. The molecule has 1 aromatic rings. The summed E-state index contributed by atoms with van der Waals surface area (Å²) < 4.78 is 5.46. The predicted molar refractivity (Wildman–Crippen MR) is 102 cm³/mol. The van der Waals surface area contributed by atoms with Crippen molar-refractivity contribution in [3.63, 3.8) is 0 Å². The zero-order valence-corrected chi connectivity index (χ0v) is 15.8. The molecule has 0 fully saturated rings. The lowest BCUT2D eigenvalue weighted by Crippen LogP contribution is -2.32. The molecule has 1 aliphatic carbocycles. The molecular formula is C19H33N3O3. The number of methoxy groups -OCH3 is 1. The van der Waals surface area contributed by atoms with Crippen molar-refractivity contribution < 1.29 is 14.6 Å². The molecule has 0 bridgehead atoms. The molecule has 1 unspecified atom stereocenters. The number of allylic oxidation sites excluding steroid dienone is 1. The molecule has 1 aliphatic rings. The first kappa shape index (κ1) is 22.9. The fourth-order valence-corrected chi connectivity index (χ4v) is 2.36. The van der Waals surface area contributed by atoms with E-state index in [1.54, 1.807) is 7.11 Å². The van der Waals surface area contributed by atoms with Crippen molar-refractivity contribution in [2.75, 3.05) is 14.2 Å². The van der Waals surface area contributed by atoms with Gasteiger partial charge in [0, 0.05) is 32.5 Å². The number of aliphatic hydroxyl groups is 1. The van der Waals surface area contributed by atoms with Crippen molar-refractivity contribution >= 4 is 6.41 Å². The maximum atomic E-state index is 9.50. The highest BCUT2D eigenvalue weighted by molar-refractivity contribution is 5.46. The molecule has 25 heavy (non-hydrogen) atoms. The van der Waals surface area contributed by atoms with Crippen LogP contribution in [0, 0.1) is 0 Å². The van der Waals surface area contributed by atoms with Crippen molar-refractivity contribution in [3.8, 4) is 0 Å². The van der Waals surface area contributed by atoms with E-state index >= 15 is 0 Å². The monoisotopic (exact) mass is 351 g/mol. The molecular weight excluding hydrogens is 318 g/mol. The van der Waals surface area contributed by atoms with Crippen LogP contribution in [0.3, 0.4) is 0 Å². The molecule has 2 rings (SSSR count). The van der Waals surface area contributed by atoms with Crippen LogP contribution in [-0.2, 0) is 16.1 Å². The molecule has 6 heteroatoms. The van der Waals surface area contributed by atoms with Crippen LogP contribution in [0.1, 0.15) is 38.7 Å². The van der Waals surface area contributed by atoms with Gasteiger partial charge in [0.25, 0.3) is 0 Å². The molecule has 0 radical (unpaired) electrons. The van der Waals surface area contributed by atoms with Crippen LogP contribution in [-0.4, -0.2) is 37.9 Å². The SMILES string of the molecule is CC(C)NC=O.CO.COC1CCCC(N)=C1NCc1ccccc1. The van der Waals surface area contributed by atoms with E-state index in [1.165, 1.54) is 5.56 Å². The highest BCUT2D eigenvalue weighted by Crippen LogP contribution is 2.22. The summed E-state index contributed by atoms with van der Waals surface area (Å²) >= 11 is 0. The number of ether oxygens (including phenoxy) is 1. The lowest BCUT2D eigenvalue weighted by Gasteiger charge is -2.27. The van der Waals surface area contributed by atoms with E-state index in [4.69, 9.17) is 15.6 Å². The Kier molecular flexibility index (Phi) is 13.1. The van der Waals surface area contributed by atoms with Crippen LogP contribution in [0.5, 0.6) is 0 Å². The Morgan fingerprint density at radius 2 is 1.96 bits per heavy atom. The minimum atomic E-state index is 0.132. The molecule has 0 saturated carbocycles. The van der Waals surface area contributed by atoms with Gasteiger partial charge in [-0.15, -0.1) is 0 Å². The summed E-state index contributed by atoms with van der Waals surface area (Å²) in [4.78, 5) is 9.50. The van der Waals surface area contributed by atoms with Crippen LogP contribution in [0.2, 0.25) is 0 Å². The van der Waals surface area contributed by atoms with Crippen molar-refractivity contribution in [3.05, 3.63) is 47.3 Å². The van der Waals surface area contributed by atoms with Gasteiger partial charge in [-0.05, 0) is 38.7 Å². The molecule has 6 nitrogen and oxygen atoms in total. The van der Waals surface area contributed by atoms with Gasteiger partial charge in [-0.3, -0.25) is 4.79 Å². The average molecular weight is 351 g/mol. The molecule has 0 spiro atoms. The predicted octanol–water partition coefficient (Wildman–Crippen LogP) is 1.89. The summed E-state index contributed by atoms with van der Waals surface area (Å²) in [7, 11) is 2.74. The van der Waals surface area contributed by atoms with Gasteiger partial charge in [-0.1, -0.05) is 30.3 Å². The minimum absolute atomic E-state index is 0.132. The average Bonchev–Trinajstić information content (AvgIpc) is 2.63. The third kappa shape index (κ3) is 9.74. The summed E-state index contributed by atoms with van der Waals surface area (Å²) in [5.74, 6) is 0. The van der Waals surface area contributed by atoms with E-state index < -0.39 is 0 Å². The quantitative estimate of drug-likeness (QED) is 0.587. The van der Waals surface area contributed by atoms with Gasteiger partial charge in [-0.2, -0.15) is 0 Å². The van der Waals surface area contributed by atoms with Gasteiger partial charge in [0.15, 0.2) is 0 Å². The second kappa shape index (κ2) is 14.3. The number of carbonyl (C=O) groups excluding carboxylic acids is 1.